The zero-order chi connectivity index (χ0) is 15.1. The number of nitrogens with one attached hydrogen (secondary N) is 1. The standard InChI is InChI=1S/C14H24N4O3/c1-21-14(20)13(15-11-6-3-2-4-7-11)12-10-18(17-16-12)8-5-9-19/h10-11,13,15,19H,2-9H2,1H3. The lowest BCUT2D eigenvalue weighted by Crippen LogP contribution is -2.39. The van der Waals surface area contributed by atoms with Crippen molar-refractivity contribution in [3.8, 4) is 0 Å². The van der Waals surface area contributed by atoms with Gasteiger partial charge in [-0.1, -0.05) is 24.5 Å². The molecule has 1 aliphatic rings. The van der Waals surface area contributed by atoms with E-state index in [9.17, 15) is 4.79 Å². The number of aliphatic hydroxyl groups excluding tert-OH is 1. The van der Waals surface area contributed by atoms with Gasteiger partial charge in [0.05, 0.1) is 13.3 Å². The van der Waals surface area contributed by atoms with Crippen molar-refractivity contribution in [1.29, 1.82) is 0 Å². The Morgan fingerprint density at radius 3 is 2.95 bits per heavy atom. The molecular weight excluding hydrogens is 272 g/mol. The number of carbonyl (C=O) groups excluding carboxylic acids is 1. The molecule has 2 rings (SSSR count). The zero-order valence-electron chi connectivity index (χ0n) is 12.5. The summed E-state index contributed by atoms with van der Waals surface area (Å²) in [5, 5.41) is 20.3. The van der Waals surface area contributed by atoms with Gasteiger partial charge >= 0.3 is 5.97 Å². The first kappa shape index (κ1) is 15.9. The summed E-state index contributed by atoms with van der Waals surface area (Å²) in [4.78, 5) is 12.0. The molecule has 1 fully saturated rings. The quantitative estimate of drug-likeness (QED) is 0.723. The number of aromatic nitrogens is 3. The number of hydrogen-bond acceptors (Lipinski definition) is 6. The van der Waals surface area contributed by atoms with Crippen LogP contribution in [0.3, 0.4) is 0 Å². The molecular formula is C14H24N4O3. The van der Waals surface area contributed by atoms with E-state index in [0.29, 0.717) is 24.7 Å². The van der Waals surface area contributed by atoms with Crippen molar-refractivity contribution in [2.45, 2.75) is 57.2 Å². The van der Waals surface area contributed by atoms with Crippen LogP contribution in [0.2, 0.25) is 0 Å². The van der Waals surface area contributed by atoms with Gasteiger partial charge in [0.1, 0.15) is 5.69 Å². The van der Waals surface area contributed by atoms with Gasteiger partial charge in [0.15, 0.2) is 6.04 Å². The lowest BCUT2D eigenvalue weighted by atomic mass is 9.94. The minimum Gasteiger partial charge on any atom is -0.468 e. The average molecular weight is 296 g/mol. The highest BCUT2D eigenvalue weighted by Crippen LogP contribution is 2.21. The molecule has 1 aliphatic carbocycles. The number of methoxy groups -OCH3 is 1. The number of carbonyl (C=O) groups is 1. The Bertz CT molecular complexity index is 443. The van der Waals surface area contributed by atoms with Crippen molar-refractivity contribution in [2.24, 2.45) is 0 Å². The van der Waals surface area contributed by atoms with Gasteiger partial charge in [-0.2, -0.15) is 0 Å². The molecule has 0 aromatic carbocycles. The molecule has 21 heavy (non-hydrogen) atoms. The van der Waals surface area contributed by atoms with Gasteiger partial charge in [0.2, 0.25) is 0 Å². The second-order valence-electron chi connectivity index (χ2n) is 5.44. The highest BCUT2D eigenvalue weighted by Gasteiger charge is 2.28. The topological polar surface area (TPSA) is 89.3 Å². The molecule has 0 spiro atoms. The summed E-state index contributed by atoms with van der Waals surface area (Å²) >= 11 is 0. The Labute approximate surface area is 124 Å². The highest BCUT2D eigenvalue weighted by atomic mass is 16.5. The van der Waals surface area contributed by atoms with Gasteiger partial charge in [-0.3, -0.25) is 10.00 Å². The van der Waals surface area contributed by atoms with E-state index in [-0.39, 0.29) is 12.6 Å². The summed E-state index contributed by atoms with van der Waals surface area (Å²) in [6.45, 7) is 0.691. The fourth-order valence-electron chi connectivity index (χ4n) is 2.68. The number of esters is 1. The Morgan fingerprint density at radius 2 is 2.29 bits per heavy atom. The molecule has 1 saturated carbocycles. The van der Waals surface area contributed by atoms with Crippen LogP contribution in [-0.2, 0) is 16.1 Å². The van der Waals surface area contributed by atoms with E-state index in [4.69, 9.17) is 9.84 Å². The summed E-state index contributed by atoms with van der Waals surface area (Å²) in [5.74, 6) is -0.338. The molecule has 7 heteroatoms. The van der Waals surface area contributed by atoms with Crippen molar-refractivity contribution in [1.82, 2.24) is 20.3 Å². The van der Waals surface area contributed by atoms with Gasteiger partial charge in [0.25, 0.3) is 0 Å². The molecule has 1 heterocycles. The van der Waals surface area contributed by atoms with Gasteiger partial charge in [-0.05, 0) is 19.3 Å². The molecule has 1 aromatic rings. The summed E-state index contributed by atoms with van der Waals surface area (Å²) in [7, 11) is 1.38. The Hall–Kier alpha value is -1.47. The maximum Gasteiger partial charge on any atom is 0.329 e. The number of aryl methyl sites for hydroxylation is 1. The maximum absolute atomic E-state index is 12.0. The number of nitrogens with zero attached hydrogens (tertiary/aromatic N) is 3. The Kier molecular flexibility index (Phi) is 6.13. The molecule has 0 saturated heterocycles. The van der Waals surface area contributed by atoms with Gasteiger partial charge < -0.3 is 9.84 Å². The molecule has 0 radical (unpaired) electrons. The third-order valence-corrected chi connectivity index (χ3v) is 3.84. The normalized spacial score (nSPS) is 17.6. The van der Waals surface area contributed by atoms with Crippen LogP contribution in [0.15, 0.2) is 6.20 Å². The van der Waals surface area contributed by atoms with E-state index < -0.39 is 6.04 Å². The van der Waals surface area contributed by atoms with Crippen molar-refractivity contribution < 1.29 is 14.6 Å². The third kappa shape index (κ3) is 4.50. The van der Waals surface area contributed by atoms with Crippen LogP contribution < -0.4 is 5.32 Å². The SMILES string of the molecule is COC(=O)C(NC1CCCCC1)c1cn(CCCO)nn1. The third-order valence-electron chi connectivity index (χ3n) is 3.84. The van der Waals surface area contributed by atoms with E-state index in [1.807, 2.05) is 0 Å². The molecule has 2 N–H and O–H groups in total. The second kappa shape index (κ2) is 8.09. The van der Waals surface area contributed by atoms with Crippen molar-refractivity contribution in [3.63, 3.8) is 0 Å². The van der Waals surface area contributed by atoms with Crippen LogP contribution in [0.1, 0.15) is 50.3 Å². The summed E-state index contributed by atoms with van der Waals surface area (Å²) in [6.07, 6.45) is 8.15. The fraction of sp³-hybridized carbons (Fsp3) is 0.786. The van der Waals surface area contributed by atoms with Crippen molar-refractivity contribution in [3.05, 3.63) is 11.9 Å². The van der Waals surface area contributed by atoms with Crippen LogP contribution in [0.25, 0.3) is 0 Å². The first-order valence-corrected chi connectivity index (χ1v) is 7.59. The highest BCUT2D eigenvalue weighted by molar-refractivity contribution is 5.76. The van der Waals surface area contributed by atoms with Crippen LogP contribution in [0, 0.1) is 0 Å². The minimum atomic E-state index is -0.569. The van der Waals surface area contributed by atoms with E-state index in [2.05, 4.69) is 15.6 Å². The molecule has 118 valence electrons. The monoisotopic (exact) mass is 296 g/mol. The van der Waals surface area contributed by atoms with Gasteiger partial charge in [0, 0.05) is 19.2 Å². The summed E-state index contributed by atoms with van der Waals surface area (Å²) in [6, 6.07) is -0.244. The summed E-state index contributed by atoms with van der Waals surface area (Å²) in [5.41, 5.74) is 0.574. The van der Waals surface area contributed by atoms with Crippen LogP contribution >= 0.6 is 0 Å². The molecule has 7 nitrogen and oxygen atoms in total. The number of aliphatic hydroxyl groups is 1. The predicted molar refractivity (Wildman–Crippen MR) is 76.5 cm³/mol. The second-order valence-corrected chi connectivity index (χ2v) is 5.44. The lowest BCUT2D eigenvalue weighted by Gasteiger charge is -2.26. The molecule has 1 aromatic heterocycles. The van der Waals surface area contributed by atoms with Gasteiger partial charge in [-0.25, -0.2) is 4.79 Å². The minimum absolute atomic E-state index is 0.107. The average Bonchev–Trinajstić information content (AvgIpc) is 2.99. The molecule has 1 atom stereocenters. The fourth-order valence-corrected chi connectivity index (χ4v) is 2.68. The van der Waals surface area contributed by atoms with Crippen molar-refractivity contribution >= 4 is 5.97 Å². The maximum atomic E-state index is 12.0. The number of ether oxygens (including phenoxy) is 1. The van der Waals surface area contributed by atoms with Crippen LogP contribution in [0.4, 0.5) is 0 Å². The van der Waals surface area contributed by atoms with Crippen molar-refractivity contribution in [2.75, 3.05) is 13.7 Å². The van der Waals surface area contributed by atoms with E-state index in [1.165, 1.54) is 26.4 Å². The van der Waals surface area contributed by atoms with E-state index in [0.717, 1.165) is 12.8 Å². The van der Waals surface area contributed by atoms with Crippen LogP contribution in [-0.4, -0.2) is 45.8 Å². The Balaban J connectivity index is 2.04. The first-order valence-electron chi connectivity index (χ1n) is 7.59. The Morgan fingerprint density at radius 1 is 1.52 bits per heavy atom. The predicted octanol–water partition coefficient (Wildman–Crippen LogP) is 0.797. The van der Waals surface area contributed by atoms with E-state index >= 15 is 0 Å². The largest absolute Gasteiger partial charge is 0.468 e. The smallest absolute Gasteiger partial charge is 0.329 e. The lowest BCUT2D eigenvalue weighted by molar-refractivity contribution is -0.143. The first-order chi connectivity index (χ1) is 10.2. The molecule has 0 bridgehead atoms. The van der Waals surface area contributed by atoms with E-state index in [1.54, 1.807) is 10.9 Å². The number of rotatable bonds is 7. The van der Waals surface area contributed by atoms with Crippen LogP contribution in [0.5, 0.6) is 0 Å². The molecule has 0 aliphatic heterocycles. The number of hydrogen-bond donors (Lipinski definition) is 2. The zero-order valence-corrected chi connectivity index (χ0v) is 12.5. The van der Waals surface area contributed by atoms with Gasteiger partial charge in [-0.15, -0.1) is 5.10 Å². The molecule has 1 unspecified atom stereocenters. The molecule has 0 amide bonds. The summed E-state index contributed by atoms with van der Waals surface area (Å²) < 4.78 is 6.52.